The zero-order valence-corrected chi connectivity index (χ0v) is 13.1. The Kier molecular flexibility index (Phi) is 5.06. The second-order valence-corrected chi connectivity index (χ2v) is 6.91. The van der Waals surface area contributed by atoms with Crippen molar-refractivity contribution >= 4 is 24.6 Å². The summed E-state index contributed by atoms with van der Waals surface area (Å²) in [5.74, 6) is -0.125. The van der Waals surface area contributed by atoms with Crippen LogP contribution < -0.4 is 16.6 Å². The number of nitrogens with two attached hydrogens (primary N) is 1. The molecule has 24 heavy (non-hydrogen) atoms. The molecule has 2 rings (SSSR count). The van der Waals surface area contributed by atoms with Crippen LogP contribution in [-0.2, 0) is 11.1 Å². The minimum atomic E-state index is -5.64. The lowest BCUT2D eigenvalue weighted by molar-refractivity contribution is 0.0317. The third-order valence-electron chi connectivity index (χ3n) is 3.35. The quantitative estimate of drug-likeness (QED) is 0.318. The van der Waals surface area contributed by atoms with E-state index in [0.717, 1.165) is 0 Å². The van der Waals surface area contributed by atoms with Crippen LogP contribution in [0.15, 0.2) is 11.0 Å². The molecule has 0 bridgehead atoms. The van der Waals surface area contributed by atoms with Crippen LogP contribution in [0.5, 0.6) is 0 Å². The van der Waals surface area contributed by atoms with Gasteiger partial charge in [-0.15, -0.1) is 0 Å². The Hall–Kier alpha value is -1.85. The maximum Gasteiger partial charge on any atom is 0.394 e. The average Bonchev–Trinajstić information content (AvgIpc) is 2.85. The molecule has 2 heterocycles. The number of aromatic amines is 2. The van der Waals surface area contributed by atoms with Crippen LogP contribution in [0.1, 0.15) is 12.0 Å². The molecule has 0 aliphatic carbocycles. The van der Waals surface area contributed by atoms with Crippen molar-refractivity contribution in [2.45, 2.75) is 24.7 Å². The topological polar surface area (TPSA) is 177 Å². The summed E-state index contributed by atoms with van der Waals surface area (Å²) < 4.78 is 37.6. The number of anilines is 1. The molecule has 0 fully saturated rings. The largest absolute Gasteiger partial charge is 0.395 e. The number of rotatable bonds is 7. The Labute approximate surface area is 133 Å². The monoisotopic (exact) mass is 367 g/mol. The van der Waals surface area contributed by atoms with Crippen LogP contribution in [0, 0.1) is 0 Å². The fourth-order valence-corrected chi connectivity index (χ4v) is 2.55. The zero-order valence-electron chi connectivity index (χ0n) is 12.2. The maximum atomic E-state index is 13.4. The summed E-state index contributed by atoms with van der Waals surface area (Å²) in [4.78, 5) is 37.8. The number of hydrogen-bond acceptors (Lipinski definition) is 6. The molecule has 13 heteroatoms. The molecule has 0 spiro atoms. The van der Waals surface area contributed by atoms with Gasteiger partial charge in [-0.05, 0) is 0 Å². The van der Waals surface area contributed by atoms with Gasteiger partial charge >= 0.3 is 13.3 Å². The van der Waals surface area contributed by atoms with E-state index in [9.17, 15) is 18.1 Å². The van der Waals surface area contributed by atoms with E-state index < -0.39 is 37.9 Å². The van der Waals surface area contributed by atoms with Gasteiger partial charge in [-0.25, -0.2) is 4.98 Å². The lowest BCUT2D eigenvalue weighted by atomic mass is 10.2. The molecule has 0 aromatic carbocycles. The van der Waals surface area contributed by atoms with E-state index in [0.29, 0.717) is 5.56 Å². The van der Waals surface area contributed by atoms with Crippen molar-refractivity contribution in [3.8, 4) is 0 Å². The second-order valence-electron chi connectivity index (χ2n) is 5.16. The minimum absolute atomic E-state index is 0.0850. The Morgan fingerprint density at radius 3 is 2.71 bits per heavy atom. The second kappa shape index (κ2) is 6.57. The summed E-state index contributed by atoms with van der Waals surface area (Å²) in [6.07, 6.45) is 0.154. The third kappa shape index (κ3) is 3.79. The highest BCUT2D eigenvalue weighted by Gasteiger charge is 2.49. The molecule has 0 aliphatic rings. The van der Waals surface area contributed by atoms with Gasteiger partial charge in [0.1, 0.15) is 11.0 Å². The molecule has 0 radical (unpaired) electrons. The summed E-state index contributed by atoms with van der Waals surface area (Å²) in [5, 5.41) is 11.7. The first kappa shape index (κ1) is 18.5. The van der Waals surface area contributed by atoms with Gasteiger partial charge in [-0.3, -0.25) is 14.3 Å². The van der Waals surface area contributed by atoms with Crippen molar-refractivity contribution in [2.75, 3.05) is 12.3 Å². The van der Waals surface area contributed by atoms with Gasteiger partial charge in [-0.1, -0.05) is 0 Å². The van der Waals surface area contributed by atoms with Crippen LogP contribution in [-0.4, -0.2) is 48.2 Å². The smallest absolute Gasteiger partial charge is 0.394 e. The maximum absolute atomic E-state index is 13.4. The van der Waals surface area contributed by atoms with Gasteiger partial charge in [0.15, 0.2) is 0 Å². The molecule has 0 saturated carbocycles. The van der Waals surface area contributed by atoms with E-state index in [1.54, 1.807) is 0 Å². The standard InChI is InChI=1S/C11H16F2N5O5P/c12-11(13,24(21,22)23)1-6(4-19)15-2-5-3-16-8-7(5)17-10(14)18-9(8)20/h3,6,15-16,19H,1-2,4H2,(H2,21,22,23)(H3,14,17,18,20)/t6-/m0/s1. The number of aliphatic hydroxyl groups is 1. The first-order valence-corrected chi connectivity index (χ1v) is 8.30. The van der Waals surface area contributed by atoms with Gasteiger partial charge in [-0.2, -0.15) is 8.78 Å². The SMILES string of the molecule is Nc1nc2c(CN[C@H](CO)CC(F)(F)P(=O)(O)O)c[nH]c2c(=O)[nH]1. The predicted molar refractivity (Wildman–Crippen MR) is 80.4 cm³/mol. The van der Waals surface area contributed by atoms with Gasteiger partial charge in [0.2, 0.25) is 5.95 Å². The Balaban J connectivity index is 2.15. The van der Waals surface area contributed by atoms with Crippen molar-refractivity contribution in [3.05, 3.63) is 22.1 Å². The highest BCUT2D eigenvalue weighted by molar-refractivity contribution is 7.53. The predicted octanol–water partition coefficient (Wildman–Crippen LogP) is -0.556. The fraction of sp³-hybridized carbons (Fsp3) is 0.455. The third-order valence-corrected chi connectivity index (χ3v) is 4.39. The molecule has 0 saturated heterocycles. The van der Waals surface area contributed by atoms with E-state index in [1.807, 2.05) is 0 Å². The van der Waals surface area contributed by atoms with Crippen LogP contribution in [0.25, 0.3) is 11.0 Å². The van der Waals surface area contributed by atoms with Gasteiger partial charge in [0, 0.05) is 30.8 Å². The average molecular weight is 367 g/mol. The van der Waals surface area contributed by atoms with Crippen molar-refractivity contribution in [2.24, 2.45) is 0 Å². The molecule has 0 unspecified atom stereocenters. The number of nitrogens with zero attached hydrogens (tertiary/aromatic N) is 1. The van der Waals surface area contributed by atoms with Gasteiger partial charge in [0.05, 0.1) is 6.61 Å². The highest BCUT2D eigenvalue weighted by atomic mass is 31.2. The van der Waals surface area contributed by atoms with Crippen LogP contribution in [0.4, 0.5) is 14.7 Å². The number of halogens is 2. The van der Waals surface area contributed by atoms with Crippen molar-refractivity contribution in [3.63, 3.8) is 0 Å². The van der Waals surface area contributed by atoms with Crippen molar-refractivity contribution < 1.29 is 28.2 Å². The number of fused-ring (bicyclic) bond motifs is 1. The van der Waals surface area contributed by atoms with E-state index >= 15 is 0 Å². The first-order valence-electron chi connectivity index (χ1n) is 6.68. The van der Waals surface area contributed by atoms with Crippen LogP contribution in [0.3, 0.4) is 0 Å². The number of H-pyrrole nitrogens is 2. The fourth-order valence-electron chi connectivity index (χ4n) is 2.09. The lowest BCUT2D eigenvalue weighted by Gasteiger charge is -2.23. The molecular formula is C11H16F2N5O5P. The molecular weight excluding hydrogens is 351 g/mol. The lowest BCUT2D eigenvalue weighted by Crippen LogP contribution is -2.37. The summed E-state index contributed by atoms with van der Waals surface area (Å²) in [7, 11) is -5.64. The first-order chi connectivity index (χ1) is 11.0. The molecule has 0 amide bonds. The Morgan fingerprint density at radius 1 is 1.46 bits per heavy atom. The Bertz CT molecular complexity index is 832. The van der Waals surface area contributed by atoms with E-state index in [1.165, 1.54) is 6.20 Å². The summed E-state index contributed by atoms with van der Waals surface area (Å²) in [6, 6.07) is -1.28. The van der Waals surface area contributed by atoms with Crippen LogP contribution in [0.2, 0.25) is 0 Å². The Morgan fingerprint density at radius 2 is 2.12 bits per heavy atom. The number of aromatic nitrogens is 3. The molecule has 1 atom stereocenters. The van der Waals surface area contributed by atoms with Crippen molar-refractivity contribution in [1.82, 2.24) is 20.3 Å². The van der Waals surface area contributed by atoms with Gasteiger partial charge in [0.25, 0.3) is 5.56 Å². The summed E-state index contributed by atoms with van der Waals surface area (Å²) >= 11 is 0. The van der Waals surface area contributed by atoms with E-state index in [2.05, 4.69) is 20.3 Å². The normalized spacial score (nSPS) is 14.2. The zero-order chi connectivity index (χ0) is 18.1. The number of alkyl halides is 2. The van der Waals surface area contributed by atoms with Crippen LogP contribution >= 0.6 is 7.60 Å². The number of hydrogen-bond donors (Lipinski definition) is 7. The minimum Gasteiger partial charge on any atom is -0.395 e. The number of aliphatic hydroxyl groups excluding tert-OH is 1. The summed E-state index contributed by atoms with van der Waals surface area (Å²) in [6.45, 7) is -0.855. The molecule has 134 valence electrons. The molecule has 0 aliphatic heterocycles. The van der Waals surface area contributed by atoms with E-state index in [4.69, 9.17) is 20.6 Å². The summed E-state index contributed by atoms with van der Waals surface area (Å²) in [5.41, 5.74) is 1.45. The highest BCUT2D eigenvalue weighted by Crippen LogP contribution is 2.55. The molecule has 10 nitrogen and oxygen atoms in total. The van der Waals surface area contributed by atoms with Gasteiger partial charge < -0.3 is 30.9 Å². The molecule has 8 N–H and O–H groups in total. The number of nitrogen functional groups attached to an aromatic ring is 1. The number of nitrogens with one attached hydrogen (secondary N) is 3. The molecule has 2 aromatic rings. The van der Waals surface area contributed by atoms with E-state index in [-0.39, 0.29) is 23.5 Å². The van der Waals surface area contributed by atoms with Crippen molar-refractivity contribution in [1.29, 1.82) is 0 Å². The molecule has 2 aromatic heterocycles.